The maximum absolute atomic E-state index is 13.5. The Kier molecular flexibility index (Phi) is 6.69. The van der Waals surface area contributed by atoms with E-state index in [9.17, 15) is 27.7 Å². The van der Waals surface area contributed by atoms with E-state index in [0.717, 1.165) is 12.1 Å². The zero-order valence-corrected chi connectivity index (χ0v) is 17.6. The first-order valence-corrected chi connectivity index (χ1v) is 10.8. The Balaban J connectivity index is 1.77. The first kappa shape index (κ1) is 22.7. The van der Waals surface area contributed by atoms with Crippen LogP contribution in [0.3, 0.4) is 0 Å². The van der Waals surface area contributed by atoms with Gasteiger partial charge in [0, 0.05) is 23.0 Å². The fraction of sp³-hybridized carbons (Fsp3) is 0.0952. The maximum Gasteiger partial charge on any atom is 0.306 e. The van der Waals surface area contributed by atoms with Gasteiger partial charge in [-0.1, -0.05) is 6.07 Å². The molecule has 2 N–H and O–H groups in total. The Bertz CT molecular complexity index is 1260. The van der Waals surface area contributed by atoms with Crippen LogP contribution in [0.1, 0.15) is 17.3 Å². The largest absolute Gasteiger partial charge is 0.494 e. The molecule has 32 heavy (non-hydrogen) atoms. The molecular weight excluding hydrogens is 441 g/mol. The Morgan fingerprint density at radius 3 is 2.44 bits per heavy atom. The number of halogens is 1. The Morgan fingerprint density at radius 2 is 1.78 bits per heavy atom. The lowest BCUT2D eigenvalue weighted by atomic mass is 10.2. The monoisotopic (exact) mass is 459 g/mol. The zero-order chi connectivity index (χ0) is 23.3. The van der Waals surface area contributed by atoms with E-state index in [2.05, 4.69) is 10.0 Å². The summed E-state index contributed by atoms with van der Waals surface area (Å²) in [5.41, 5.74) is -0.538. The summed E-state index contributed by atoms with van der Waals surface area (Å²) >= 11 is 0. The van der Waals surface area contributed by atoms with Gasteiger partial charge in [-0.05, 0) is 61.5 Å². The van der Waals surface area contributed by atoms with Crippen LogP contribution in [0.2, 0.25) is 0 Å². The minimum Gasteiger partial charge on any atom is -0.494 e. The number of ether oxygens (including phenoxy) is 1. The van der Waals surface area contributed by atoms with Crippen LogP contribution in [0.25, 0.3) is 0 Å². The lowest BCUT2D eigenvalue weighted by molar-refractivity contribution is -0.387. The molecule has 0 aliphatic carbocycles. The van der Waals surface area contributed by atoms with E-state index < -0.39 is 32.4 Å². The highest BCUT2D eigenvalue weighted by Gasteiger charge is 2.17. The smallest absolute Gasteiger partial charge is 0.306 e. The molecule has 3 rings (SSSR count). The number of amides is 1. The number of anilines is 2. The minimum absolute atomic E-state index is 0.00873. The third-order valence-electron chi connectivity index (χ3n) is 4.22. The van der Waals surface area contributed by atoms with Crippen molar-refractivity contribution < 1.29 is 27.3 Å². The van der Waals surface area contributed by atoms with Crippen molar-refractivity contribution in [1.29, 1.82) is 0 Å². The number of nitrogens with zero attached hydrogens (tertiary/aromatic N) is 1. The van der Waals surface area contributed by atoms with Crippen molar-refractivity contribution in [3.8, 4) is 5.75 Å². The van der Waals surface area contributed by atoms with Crippen LogP contribution >= 0.6 is 0 Å². The van der Waals surface area contributed by atoms with Crippen LogP contribution in [-0.4, -0.2) is 25.9 Å². The van der Waals surface area contributed by atoms with Crippen molar-refractivity contribution in [1.82, 2.24) is 0 Å². The maximum atomic E-state index is 13.5. The first-order valence-electron chi connectivity index (χ1n) is 9.30. The van der Waals surface area contributed by atoms with E-state index in [-0.39, 0.29) is 21.8 Å². The molecule has 0 aliphatic rings. The molecule has 0 bridgehead atoms. The van der Waals surface area contributed by atoms with Gasteiger partial charge < -0.3 is 10.1 Å². The number of nitro benzene ring substituents is 1. The highest BCUT2D eigenvalue weighted by Crippen LogP contribution is 2.23. The Hall–Kier alpha value is -3.99. The molecule has 0 fully saturated rings. The van der Waals surface area contributed by atoms with E-state index in [1.165, 1.54) is 54.6 Å². The summed E-state index contributed by atoms with van der Waals surface area (Å²) in [6.07, 6.45) is 0. The molecule has 3 aromatic rings. The highest BCUT2D eigenvalue weighted by molar-refractivity contribution is 7.92. The zero-order valence-electron chi connectivity index (χ0n) is 16.7. The molecule has 0 spiro atoms. The first-order chi connectivity index (χ1) is 15.2. The van der Waals surface area contributed by atoms with Gasteiger partial charge >= 0.3 is 5.69 Å². The summed E-state index contributed by atoms with van der Waals surface area (Å²) in [6, 6.07) is 14.5. The Morgan fingerprint density at radius 1 is 1.06 bits per heavy atom. The fourth-order valence-electron chi connectivity index (χ4n) is 2.75. The van der Waals surface area contributed by atoms with Crippen molar-refractivity contribution in [3.05, 3.63) is 88.2 Å². The van der Waals surface area contributed by atoms with Gasteiger partial charge in [0.25, 0.3) is 15.9 Å². The van der Waals surface area contributed by atoms with E-state index in [4.69, 9.17) is 4.74 Å². The summed E-state index contributed by atoms with van der Waals surface area (Å²) in [4.78, 5) is 22.5. The lowest BCUT2D eigenvalue weighted by Gasteiger charge is -2.11. The molecular formula is C21H18FN3O6S. The predicted molar refractivity (Wildman–Crippen MR) is 116 cm³/mol. The summed E-state index contributed by atoms with van der Waals surface area (Å²) in [5.74, 6) is -1.15. The van der Waals surface area contributed by atoms with Crippen LogP contribution in [0.15, 0.2) is 71.6 Å². The average Bonchev–Trinajstić information content (AvgIpc) is 2.75. The van der Waals surface area contributed by atoms with Gasteiger partial charge in [-0.15, -0.1) is 0 Å². The molecule has 0 aliphatic heterocycles. The fourth-order valence-corrected chi connectivity index (χ4v) is 3.80. The van der Waals surface area contributed by atoms with Crippen molar-refractivity contribution in [2.45, 2.75) is 11.8 Å². The molecule has 11 heteroatoms. The van der Waals surface area contributed by atoms with Crippen molar-refractivity contribution in [2.24, 2.45) is 0 Å². The molecule has 0 saturated carbocycles. The number of nitro groups is 1. The van der Waals surface area contributed by atoms with E-state index >= 15 is 0 Å². The van der Waals surface area contributed by atoms with Gasteiger partial charge in [-0.2, -0.15) is 4.39 Å². The summed E-state index contributed by atoms with van der Waals surface area (Å²) in [6.45, 7) is 2.26. The van der Waals surface area contributed by atoms with Gasteiger partial charge in [0.1, 0.15) is 5.75 Å². The van der Waals surface area contributed by atoms with Crippen LogP contribution in [0.5, 0.6) is 5.75 Å². The molecule has 1 amide bonds. The number of carbonyl (C=O) groups is 1. The topological polar surface area (TPSA) is 128 Å². The van der Waals surface area contributed by atoms with Crippen molar-refractivity contribution in [2.75, 3.05) is 16.6 Å². The number of sulfonamides is 1. The lowest BCUT2D eigenvalue weighted by Crippen LogP contribution is -2.15. The third-order valence-corrected chi connectivity index (χ3v) is 5.62. The Labute approximate surface area is 183 Å². The number of benzene rings is 3. The number of hydrogen-bond acceptors (Lipinski definition) is 6. The second kappa shape index (κ2) is 9.43. The molecule has 0 unspecified atom stereocenters. The van der Waals surface area contributed by atoms with E-state index in [1.54, 1.807) is 0 Å². The predicted octanol–water partition coefficient (Wildman–Crippen LogP) is 4.19. The second-order valence-corrected chi connectivity index (χ2v) is 8.15. The third kappa shape index (κ3) is 5.38. The molecule has 0 aromatic heterocycles. The molecule has 0 radical (unpaired) electrons. The van der Waals surface area contributed by atoms with Gasteiger partial charge in [0.15, 0.2) is 0 Å². The molecule has 166 valence electrons. The highest BCUT2D eigenvalue weighted by atomic mass is 32.2. The minimum atomic E-state index is -3.92. The van der Waals surface area contributed by atoms with Crippen LogP contribution in [0, 0.1) is 15.9 Å². The van der Waals surface area contributed by atoms with Crippen molar-refractivity contribution >= 4 is 33.0 Å². The van der Waals surface area contributed by atoms with Crippen LogP contribution in [0.4, 0.5) is 21.5 Å². The number of rotatable bonds is 8. The van der Waals surface area contributed by atoms with Gasteiger partial charge in [0.05, 0.1) is 16.4 Å². The SMILES string of the molecule is CCOc1ccc(S(=O)(=O)Nc2cccc(C(=O)Nc3ccc(F)c([N+](=O)[O-])c3)c2)cc1. The van der Waals surface area contributed by atoms with Crippen LogP contribution in [-0.2, 0) is 10.0 Å². The average molecular weight is 459 g/mol. The quantitative estimate of drug-likeness (QED) is 0.384. The van der Waals surface area contributed by atoms with E-state index in [1.807, 2.05) is 6.92 Å². The molecule has 0 heterocycles. The molecule has 3 aromatic carbocycles. The summed E-state index contributed by atoms with van der Waals surface area (Å²) in [5, 5.41) is 13.3. The number of nitrogens with one attached hydrogen (secondary N) is 2. The molecule has 9 nitrogen and oxygen atoms in total. The van der Waals surface area contributed by atoms with Gasteiger partial charge in [-0.25, -0.2) is 8.42 Å². The van der Waals surface area contributed by atoms with Crippen molar-refractivity contribution in [3.63, 3.8) is 0 Å². The molecule has 0 atom stereocenters. The van der Waals surface area contributed by atoms with Gasteiger partial charge in [0.2, 0.25) is 5.82 Å². The standard InChI is InChI=1S/C21H18FN3O6S/c1-2-31-17-7-9-18(10-8-17)32(29,30)24-16-5-3-4-14(12-16)21(26)23-15-6-11-19(22)20(13-15)25(27)28/h3-13,24H,2H2,1H3,(H,23,26). The summed E-state index contributed by atoms with van der Waals surface area (Å²) in [7, 11) is -3.92. The number of carbonyl (C=O) groups excluding carboxylic acids is 1. The normalized spacial score (nSPS) is 10.9. The summed E-state index contributed by atoms with van der Waals surface area (Å²) < 4.78 is 46.4. The second-order valence-electron chi connectivity index (χ2n) is 6.47. The number of hydrogen-bond donors (Lipinski definition) is 2. The van der Waals surface area contributed by atoms with Gasteiger partial charge in [-0.3, -0.25) is 19.6 Å². The van der Waals surface area contributed by atoms with Crippen LogP contribution < -0.4 is 14.8 Å². The molecule has 0 saturated heterocycles. The van der Waals surface area contributed by atoms with E-state index in [0.29, 0.717) is 12.4 Å².